The molecule has 106 valence electrons. The van der Waals surface area contributed by atoms with E-state index in [1.54, 1.807) is 4.90 Å². The Morgan fingerprint density at radius 3 is 2.70 bits per heavy atom. The van der Waals surface area contributed by atoms with Crippen LogP contribution in [0.4, 0.5) is 11.9 Å². The second-order valence-corrected chi connectivity index (χ2v) is 4.03. The number of nitrogens with zero attached hydrogens (tertiary/aromatic N) is 5. The van der Waals surface area contributed by atoms with Crippen LogP contribution < -0.4 is 20.5 Å². The average molecular weight is 277 g/mol. The van der Waals surface area contributed by atoms with Crippen molar-refractivity contribution in [3.63, 3.8) is 0 Å². The van der Waals surface area contributed by atoms with Crippen LogP contribution in [0.2, 0.25) is 0 Å². The summed E-state index contributed by atoms with van der Waals surface area (Å²) < 4.78 is 5.40. The molecule has 0 aliphatic heterocycles. The van der Waals surface area contributed by atoms with Crippen molar-refractivity contribution in [3.05, 3.63) is 22.5 Å². The molecule has 0 bridgehead atoms. The van der Waals surface area contributed by atoms with Gasteiger partial charge in [-0.1, -0.05) is 0 Å². The molecule has 2 aromatic rings. The lowest BCUT2D eigenvalue weighted by Crippen LogP contribution is -2.16. The molecular weight excluding hydrogens is 262 g/mol. The highest BCUT2D eigenvalue weighted by atomic mass is 16.5. The van der Waals surface area contributed by atoms with Gasteiger partial charge >= 0.3 is 6.01 Å². The summed E-state index contributed by atoms with van der Waals surface area (Å²) in [5.41, 5.74) is -0.310. The Hall–Kier alpha value is -2.71. The number of rotatable bonds is 5. The van der Waals surface area contributed by atoms with Gasteiger partial charge < -0.3 is 15.0 Å². The fourth-order valence-corrected chi connectivity index (χ4v) is 1.31. The van der Waals surface area contributed by atoms with E-state index in [-0.39, 0.29) is 17.4 Å². The van der Waals surface area contributed by atoms with Crippen LogP contribution in [0.3, 0.4) is 0 Å². The minimum atomic E-state index is -0.310. The van der Waals surface area contributed by atoms with E-state index in [0.717, 1.165) is 0 Å². The maximum atomic E-state index is 10.9. The number of nitrogens with one attached hydrogen (secondary N) is 2. The summed E-state index contributed by atoms with van der Waals surface area (Å²) in [6, 6.07) is 2.84. The first-order valence-corrected chi connectivity index (χ1v) is 5.99. The molecule has 20 heavy (non-hydrogen) atoms. The molecule has 0 radical (unpaired) electrons. The summed E-state index contributed by atoms with van der Waals surface area (Å²) in [5, 5.41) is 8.99. The van der Waals surface area contributed by atoms with Gasteiger partial charge in [0.05, 0.1) is 0 Å². The van der Waals surface area contributed by atoms with Gasteiger partial charge in [-0.2, -0.15) is 15.0 Å². The summed E-state index contributed by atoms with van der Waals surface area (Å²) in [4.78, 5) is 25.1. The molecule has 9 nitrogen and oxygen atoms in total. The third-order valence-corrected chi connectivity index (χ3v) is 2.19. The molecule has 2 rings (SSSR count). The molecule has 0 aliphatic carbocycles. The lowest BCUT2D eigenvalue weighted by molar-refractivity contribution is 0.417. The summed E-state index contributed by atoms with van der Waals surface area (Å²) in [6.45, 7) is 2.61. The smallest absolute Gasteiger partial charge is 0.330 e. The van der Waals surface area contributed by atoms with Gasteiger partial charge in [0.2, 0.25) is 17.8 Å². The predicted molar refractivity (Wildman–Crippen MR) is 73.2 cm³/mol. The van der Waals surface area contributed by atoms with Crippen LogP contribution >= 0.6 is 0 Å². The van der Waals surface area contributed by atoms with E-state index in [9.17, 15) is 4.79 Å². The van der Waals surface area contributed by atoms with Crippen LogP contribution in [-0.2, 0) is 0 Å². The standard InChI is InChI=1S/C11H15N7O2/c1-4-12-9-13-10(18(2)3)15-11(14-9)20-8-6-5-7(19)16-17-8/h5-6H,4H2,1-3H3,(H,16,19)(H,12,13,14,15). The van der Waals surface area contributed by atoms with Gasteiger partial charge in [-0.3, -0.25) is 4.79 Å². The van der Waals surface area contributed by atoms with Gasteiger partial charge in [0.25, 0.3) is 5.56 Å². The zero-order valence-electron chi connectivity index (χ0n) is 11.4. The Kier molecular flexibility index (Phi) is 4.08. The topological polar surface area (TPSA) is 109 Å². The fourth-order valence-electron chi connectivity index (χ4n) is 1.31. The molecule has 2 aromatic heterocycles. The first-order chi connectivity index (χ1) is 9.58. The Balaban J connectivity index is 2.29. The Bertz CT molecular complexity index is 620. The maximum absolute atomic E-state index is 10.9. The highest BCUT2D eigenvalue weighted by Crippen LogP contribution is 2.17. The van der Waals surface area contributed by atoms with Crippen molar-refractivity contribution >= 4 is 11.9 Å². The summed E-state index contributed by atoms with van der Waals surface area (Å²) in [7, 11) is 3.63. The van der Waals surface area contributed by atoms with Crippen molar-refractivity contribution < 1.29 is 4.74 Å². The van der Waals surface area contributed by atoms with E-state index < -0.39 is 0 Å². The van der Waals surface area contributed by atoms with Gasteiger partial charge in [0.15, 0.2) is 0 Å². The summed E-state index contributed by atoms with van der Waals surface area (Å²) >= 11 is 0. The number of H-pyrrole nitrogens is 1. The molecule has 0 fully saturated rings. The van der Waals surface area contributed by atoms with E-state index in [1.807, 2.05) is 21.0 Å². The monoisotopic (exact) mass is 277 g/mol. The third kappa shape index (κ3) is 3.40. The van der Waals surface area contributed by atoms with E-state index >= 15 is 0 Å². The quantitative estimate of drug-likeness (QED) is 0.800. The molecule has 0 unspecified atom stereocenters. The number of anilines is 2. The number of hydrogen-bond donors (Lipinski definition) is 2. The second-order valence-electron chi connectivity index (χ2n) is 4.03. The molecule has 0 atom stereocenters. The third-order valence-electron chi connectivity index (χ3n) is 2.19. The normalized spacial score (nSPS) is 10.2. The van der Waals surface area contributed by atoms with Crippen LogP contribution in [0.5, 0.6) is 11.9 Å². The fraction of sp³-hybridized carbons (Fsp3) is 0.364. The molecule has 0 saturated heterocycles. The highest BCUT2D eigenvalue weighted by molar-refractivity contribution is 5.37. The maximum Gasteiger partial charge on any atom is 0.330 e. The first kappa shape index (κ1) is 13.7. The molecule has 0 aliphatic rings. The van der Waals surface area contributed by atoms with Crippen LogP contribution in [0.1, 0.15) is 6.92 Å². The van der Waals surface area contributed by atoms with Crippen molar-refractivity contribution in [2.24, 2.45) is 0 Å². The van der Waals surface area contributed by atoms with Crippen LogP contribution in [-0.4, -0.2) is 45.8 Å². The van der Waals surface area contributed by atoms with E-state index in [1.165, 1.54) is 12.1 Å². The summed E-state index contributed by atoms with van der Waals surface area (Å²) in [5.74, 6) is 1.06. The number of ether oxygens (including phenoxy) is 1. The van der Waals surface area contributed by atoms with Gasteiger partial charge in [-0.25, -0.2) is 5.10 Å². The van der Waals surface area contributed by atoms with Crippen LogP contribution in [0.15, 0.2) is 16.9 Å². The molecule has 2 N–H and O–H groups in total. The molecule has 2 heterocycles. The molecule has 0 spiro atoms. The SMILES string of the molecule is CCNc1nc(Oc2ccc(=O)[nH]n2)nc(N(C)C)n1. The van der Waals surface area contributed by atoms with Crippen molar-refractivity contribution in [1.29, 1.82) is 0 Å². The van der Waals surface area contributed by atoms with Gasteiger partial charge in [-0.15, -0.1) is 5.10 Å². The zero-order chi connectivity index (χ0) is 14.5. The molecule has 0 amide bonds. The Morgan fingerprint density at radius 2 is 2.10 bits per heavy atom. The van der Waals surface area contributed by atoms with Crippen molar-refractivity contribution in [1.82, 2.24) is 25.1 Å². The Morgan fingerprint density at radius 1 is 1.30 bits per heavy atom. The van der Waals surface area contributed by atoms with Gasteiger partial charge in [0.1, 0.15) is 0 Å². The van der Waals surface area contributed by atoms with E-state index in [0.29, 0.717) is 18.4 Å². The predicted octanol–water partition coefficient (Wildman–Crippen LogP) is 0.245. The first-order valence-electron chi connectivity index (χ1n) is 5.99. The highest BCUT2D eigenvalue weighted by Gasteiger charge is 2.10. The van der Waals surface area contributed by atoms with Gasteiger partial charge in [-0.05, 0) is 6.92 Å². The van der Waals surface area contributed by atoms with Crippen LogP contribution in [0.25, 0.3) is 0 Å². The molecule has 9 heteroatoms. The Labute approximate surface area is 115 Å². The summed E-state index contributed by atoms with van der Waals surface area (Å²) in [6.07, 6.45) is 0. The minimum absolute atomic E-state index is 0.0965. The average Bonchev–Trinajstić information content (AvgIpc) is 2.41. The second kappa shape index (κ2) is 5.95. The van der Waals surface area contributed by atoms with E-state index in [2.05, 4.69) is 30.5 Å². The van der Waals surface area contributed by atoms with Crippen molar-refractivity contribution in [2.75, 3.05) is 30.9 Å². The lowest BCUT2D eigenvalue weighted by atomic mass is 10.6. The zero-order valence-corrected chi connectivity index (χ0v) is 11.4. The number of hydrogen-bond acceptors (Lipinski definition) is 8. The van der Waals surface area contributed by atoms with E-state index in [4.69, 9.17) is 4.74 Å². The number of aromatic amines is 1. The molecule has 0 saturated carbocycles. The largest absolute Gasteiger partial charge is 0.403 e. The lowest BCUT2D eigenvalue weighted by Gasteiger charge is -2.12. The van der Waals surface area contributed by atoms with Gasteiger partial charge in [0, 0.05) is 32.8 Å². The van der Waals surface area contributed by atoms with Crippen molar-refractivity contribution in [2.45, 2.75) is 6.92 Å². The minimum Gasteiger partial charge on any atom is -0.403 e. The van der Waals surface area contributed by atoms with Crippen LogP contribution in [0, 0.1) is 0 Å². The molecular formula is C11H15N7O2. The van der Waals surface area contributed by atoms with Crippen molar-refractivity contribution in [3.8, 4) is 11.9 Å². The molecule has 0 aromatic carbocycles. The number of aromatic nitrogens is 5.